The third-order valence-electron chi connectivity index (χ3n) is 4.02. The summed E-state index contributed by atoms with van der Waals surface area (Å²) in [6, 6.07) is -0.286. The van der Waals surface area contributed by atoms with Crippen molar-refractivity contribution in [3.8, 4) is 0 Å². The van der Waals surface area contributed by atoms with E-state index in [9.17, 15) is 14.7 Å². The van der Waals surface area contributed by atoms with Gasteiger partial charge in [-0.05, 0) is 47.1 Å². The van der Waals surface area contributed by atoms with Gasteiger partial charge in [-0.2, -0.15) is 0 Å². The first-order valence-corrected chi connectivity index (χ1v) is 9.98. The highest BCUT2D eigenvalue weighted by molar-refractivity contribution is 5.69. The Balaban J connectivity index is 4.13. The Labute approximate surface area is 163 Å². The van der Waals surface area contributed by atoms with Crippen molar-refractivity contribution in [3.63, 3.8) is 0 Å². The second kappa shape index (κ2) is 15.8. The Morgan fingerprint density at radius 2 is 1.52 bits per heavy atom. The molecule has 3 N–H and O–H groups in total. The SMILES string of the molecule is CCOC(=O)CCNCCCCC(NCCC(=O)OCC)C(C)(O)OCC. The molecule has 0 saturated heterocycles. The molecule has 0 aromatic heterocycles. The fourth-order valence-corrected chi connectivity index (χ4v) is 2.68. The van der Waals surface area contributed by atoms with E-state index in [2.05, 4.69) is 10.6 Å². The molecule has 0 amide bonds. The summed E-state index contributed by atoms with van der Waals surface area (Å²) in [5.41, 5.74) is 0. The van der Waals surface area contributed by atoms with Crippen LogP contribution in [0.3, 0.4) is 0 Å². The summed E-state index contributed by atoms with van der Waals surface area (Å²) in [4.78, 5) is 22.7. The summed E-state index contributed by atoms with van der Waals surface area (Å²) in [6.07, 6.45) is 3.09. The quantitative estimate of drug-likeness (QED) is 0.194. The maximum Gasteiger partial charge on any atom is 0.307 e. The minimum absolute atomic E-state index is 0.191. The molecular weight excluding hydrogens is 352 g/mol. The summed E-state index contributed by atoms with van der Waals surface area (Å²) in [5.74, 6) is -1.75. The molecule has 0 bridgehead atoms. The normalized spacial score (nSPS) is 14.4. The molecule has 0 aromatic carbocycles. The maximum atomic E-state index is 11.5. The van der Waals surface area contributed by atoms with Gasteiger partial charge < -0.3 is 30.0 Å². The third kappa shape index (κ3) is 13.6. The summed E-state index contributed by atoms with van der Waals surface area (Å²) < 4.78 is 15.2. The summed E-state index contributed by atoms with van der Waals surface area (Å²) >= 11 is 0. The fourth-order valence-electron chi connectivity index (χ4n) is 2.68. The lowest BCUT2D eigenvalue weighted by Gasteiger charge is -2.33. The molecular formula is C19H38N2O6. The highest BCUT2D eigenvalue weighted by Crippen LogP contribution is 2.17. The molecule has 0 heterocycles. The molecule has 0 aliphatic carbocycles. The number of nitrogens with one attached hydrogen (secondary N) is 2. The lowest BCUT2D eigenvalue weighted by atomic mass is 10.0. The first kappa shape index (κ1) is 25.8. The van der Waals surface area contributed by atoms with Gasteiger partial charge in [-0.15, -0.1) is 0 Å². The average molecular weight is 391 g/mol. The van der Waals surface area contributed by atoms with Gasteiger partial charge in [0.25, 0.3) is 0 Å². The summed E-state index contributed by atoms with van der Waals surface area (Å²) in [5, 5.41) is 16.9. The van der Waals surface area contributed by atoms with Crippen LogP contribution in [0, 0.1) is 0 Å². The van der Waals surface area contributed by atoms with E-state index in [4.69, 9.17) is 14.2 Å². The van der Waals surface area contributed by atoms with E-state index < -0.39 is 5.79 Å². The fraction of sp³-hybridized carbons (Fsp3) is 0.895. The van der Waals surface area contributed by atoms with Crippen molar-refractivity contribution in [1.29, 1.82) is 0 Å². The van der Waals surface area contributed by atoms with E-state index in [1.165, 1.54) is 0 Å². The smallest absolute Gasteiger partial charge is 0.307 e. The van der Waals surface area contributed by atoms with Crippen LogP contribution in [0.1, 0.15) is 59.8 Å². The van der Waals surface area contributed by atoms with Crippen molar-refractivity contribution in [1.82, 2.24) is 10.6 Å². The van der Waals surface area contributed by atoms with Crippen LogP contribution in [0.15, 0.2) is 0 Å². The standard InChI is InChI=1S/C19H38N2O6/c1-5-25-17(22)11-14-20-13-9-8-10-16(19(4,24)27-7-3)21-15-12-18(23)26-6-2/h16,20-21,24H,5-15H2,1-4H3. The Bertz CT molecular complexity index is 404. The molecule has 0 aliphatic heterocycles. The van der Waals surface area contributed by atoms with Crippen LogP contribution in [0.5, 0.6) is 0 Å². The van der Waals surface area contributed by atoms with E-state index in [-0.39, 0.29) is 24.4 Å². The predicted octanol–water partition coefficient (Wildman–Crippen LogP) is 1.36. The minimum atomic E-state index is -1.30. The number of hydrogen-bond acceptors (Lipinski definition) is 8. The van der Waals surface area contributed by atoms with Crippen LogP contribution >= 0.6 is 0 Å². The van der Waals surface area contributed by atoms with Gasteiger partial charge in [0.15, 0.2) is 5.79 Å². The monoisotopic (exact) mass is 390 g/mol. The van der Waals surface area contributed by atoms with E-state index in [0.717, 1.165) is 19.4 Å². The third-order valence-corrected chi connectivity index (χ3v) is 4.02. The summed E-state index contributed by atoms with van der Waals surface area (Å²) in [7, 11) is 0. The molecule has 0 rings (SSSR count). The molecule has 0 radical (unpaired) electrons. The average Bonchev–Trinajstić information content (AvgIpc) is 2.59. The zero-order valence-electron chi connectivity index (χ0n) is 17.3. The van der Waals surface area contributed by atoms with Crippen LogP contribution in [0.25, 0.3) is 0 Å². The van der Waals surface area contributed by atoms with Crippen LogP contribution in [0.2, 0.25) is 0 Å². The minimum Gasteiger partial charge on any atom is -0.466 e. The van der Waals surface area contributed by atoms with E-state index in [1.54, 1.807) is 20.8 Å². The second-order valence-corrected chi connectivity index (χ2v) is 6.35. The zero-order chi connectivity index (χ0) is 20.5. The summed E-state index contributed by atoms with van der Waals surface area (Å²) in [6.45, 7) is 10.00. The lowest BCUT2D eigenvalue weighted by Crippen LogP contribution is -2.51. The van der Waals surface area contributed by atoms with Crippen LogP contribution in [-0.4, -0.2) is 68.3 Å². The zero-order valence-corrected chi connectivity index (χ0v) is 17.3. The molecule has 0 spiro atoms. The van der Waals surface area contributed by atoms with Gasteiger partial charge in [0.2, 0.25) is 0 Å². The largest absolute Gasteiger partial charge is 0.466 e. The van der Waals surface area contributed by atoms with Crippen molar-refractivity contribution < 1.29 is 28.9 Å². The maximum absolute atomic E-state index is 11.5. The number of carbonyl (C=O) groups is 2. The van der Waals surface area contributed by atoms with Crippen LogP contribution in [-0.2, 0) is 23.8 Å². The molecule has 0 aliphatic rings. The van der Waals surface area contributed by atoms with Crippen molar-refractivity contribution in [2.45, 2.75) is 71.6 Å². The molecule has 0 fully saturated rings. The number of aliphatic hydroxyl groups is 1. The van der Waals surface area contributed by atoms with Crippen molar-refractivity contribution in [2.75, 3.05) is 39.5 Å². The number of carbonyl (C=O) groups excluding carboxylic acids is 2. The van der Waals surface area contributed by atoms with Gasteiger partial charge in [-0.3, -0.25) is 9.59 Å². The highest BCUT2D eigenvalue weighted by atomic mass is 16.6. The number of esters is 2. The number of hydrogen-bond donors (Lipinski definition) is 3. The first-order chi connectivity index (χ1) is 12.9. The van der Waals surface area contributed by atoms with Gasteiger partial charge in [0.05, 0.1) is 32.1 Å². The highest BCUT2D eigenvalue weighted by Gasteiger charge is 2.31. The Hall–Kier alpha value is -1.22. The number of rotatable bonds is 17. The van der Waals surface area contributed by atoms with Crippen molar-refractivity contribution >= 4 is 11.9 Å². The molecule has 2 unspecified atom stereocenters. The van der Waals surface area contributed by atoms with Crippen molar-refractivity contribution in [3.05, 3.63) is 0 Å². The van der Waals surface area contributed by atoms with Gasteiger partial charge in [-0.25, -0.2) is 0 Å². The van der Waals surface area contributed by atoms with Gasteiger partial charge in [0.1, 0.15) is 0 Å². The second-order valence-electron chi connectivity index (χ2n) is 6.35. The van der Waals surface area contributed by atoms with Crippen LogP contribution in [0.4, 0.5) is 0 Å². The first-order valence-electron chi connectivity index (χ1n) is 9.98. The van der Waals surface area contributed by atoms with Gasteiger partial charge >= 0.3 is 11.9 Å². The van der Waals surface area contributed by atoms with Gasteiger partial charge in [0, 0.05) is 19.7 Å². The van der Waals surface area contributed by atoms with E-state index >= 15 is 0 Å². The molecule has 8 nitrogen and oxygen atoms in total. The number of ether oxygens (including phenoxy) is 3. The Kier molecular flexibility index (Phi) is 15.1. The molecule has 0 saturated carbocycles. The molecule has 27 heavy (non-hydrogen) atoms. The lowest BCUT2D eigenvalue weighted by molar-refractivity contribution is -0.207. The van der Waals surface area contributed by atoms with Crippen LogP contribution < -0.4 is 10.6 Å². The van der Waals surface area contributed by atoms with Crippen molar-refractivity contribution in [2.24, 2.45) is 0 Å². The molecule has 160 valence electrons. The molecule has 8 heteroatoms. The predicted molar refractivity (Wildman–Crippen MR) is 103 cm³/mol. The van der Waals surface area contributed by atoms with E-state index in [1.807, 2.05) is 6.92 Å². The topological polar surface area (TPSA) is 106 Å². The Morgan fingerprint density at radius 1 is 0.926 bits per heavy atom. The van der Waals surface area contributed by atoms with E-state index in [0.29, 0.717) is 45.8 Å². The Morgan fingerprint density at radius 3 is 2.07 bits per heavy atom. The molecule has 2 atom stereocenters. The van der Waals surface area contributed by atoms with Gasteiger partial charge in [-0.1, -0.05) is 6.42 Å². The molecule has 0 aromatic rings. The number of unbranched alkanes of at least 4 members (excludes halogenated alkanes) is 1.